The molecule has 0 unspecified atom stereocenters. The van der Waals surface area contributed by atoms with E-state index >= 15 is 0 Å². The van der Waals surface area contributed by atoms with Crippen LogP contribution in [0.2, 0.25) is 0 Å². The van der Waals surface area contributed by atoms with Gasteiger partial charge in [0.1, 0.15) is 12.4 Å². The lowest BCUT2D eigenvalue weighted by atomic mass is 10.1. The first-order valence-electron chi connectivity index (χ1n) is 9.57. The highest BCUT2D eigenvalue weighted by Gasteiger charge is 2.20. The summed E-state index contributed by atoms with van der Waals surface area (Å²) in [6.45, 7) is 5.90. The van der Waals surface area contributed by atoms with Gasteiger partial charge in [-0.25, -0.2) is 17.7 Å². The van der Waals surface area contributed by atoms with Crippen molar-refractivity contribution in [1.29, 1.82) is 0 Å². The van der Waals surface area contributed by atoms with Gasteiger partial charge in [0.25, 0.3) is 5.91 Å². The maximum atomic E-state index is 12.9. The molecule has 0 bridgehead atoms. The zero-order valence-electron chi connectivity index (χ0n) is 18.1. The van der Waals surface area contributed by atoms with E-state index in [1.807, 2.05) is 26.2 Å². The van der Waals surface area contributed by atoms with Crippen molar-refractivity contribution in [2.24, 2.45) is 0 Å². The molecule has 0 aliphatic rings. The van der Waals surface area contributed by atoms with Crippen LogP contribution < -0.4 is 10.1 Å². The molecule has 3 rings (SSSR count). The lowest BCUT2D eigenvalue weighted by Crippen LogP contribution is -2.23. The Balaban J connectivity index is 1.80. The lowest BCUT2D eigenvalue weighted by molar-refractivity contribution is 0.102. The fraction of sp³-hybridized carbons (Fsp3) is 0.273. The average molecular weight is 460 g/mol. The molecule has 0 fully saturated rings. The Labute approximate surface area is 186 Å². The van der Waals surface area contributed by atoms with Crippen LogP contribution in [0.5, 0.6) is 5.75 Å². The van der Waals surface area contributed by atoms with Gasteiger partial charge in [-0.1, -0.05) is 6.07 Å². The van der Waals surface area contributed by atoms with E-state index in [0.717, 1.165) is 26.1 Å². The molecule has 1 amide bonds. The number of rotatable bonds is 7. The molecule has 3 aromatic rings. The summed E-state index contributed by atoms with van der Waals surface area (Å²) >= 11 is 1.55. The second-order valence-electron chi connectivity index (χ2n) is 7.33. The van der Waals surface area contributed by atoms with Gasteiger partial charge in [0.2, 0.25) is 10.0 Å². The molecule has 0 aliphatic heterocycles. The zero-order chi connectivity index (χ0) is 22.8. The summed E-state index contributed by atoms with van der Waals surface area (Å²) in [4.78, 5) is 17.4. The molecule has 1 heterocycles. The largest absolute Gasteiger partial charge is 0.487 e. The number of aryl methyl sites for hydroxylation is 2. The number of sulfonamides is 1. The van der Waals surface area contributed by atoms with Gasteiger partial charge in [0, 0.05) is 30.7 Å². The minimum atomic E-state index is -3.62. The van der Waals surface area contributed by atoms with Crippen molar-refractivity contribution in [2.45, 2.75) is 32.3 Å². The molecule has 0 saturated carbocycles. The molecule has 31 heavy (non-hydrogen) atoms. The summed E-state index contributed by atoms with van der Waals surface area (Å²) in [7, 11) is -0.674. The van der Waals surface area contributed by atoms with Crippen LogP contribution in [0.15, 0.2) is 46.7 Å². The molecule has 0 aliphatic carbocycles. The highest BCUT2D eigenvalue weighted by Crippen LogP contribution is 2.26. The van der Waals surface area contributed by atoms with Crippen molar-refractivity contribution in [3.8, 4) is 5.75 Å². The Morgan fingerprint density at radius 1 is 1.16 bits per heavy atom. The molecule has 1 aromatic heterocycles. The smallest absolute Gasteiger partial charge is 0.255 e. The van der Waals surface area contributed by atoms with Crippen LogP contribution in [0.25, 0.3) is 0 Å². The first-order chi connectivity index (χ1) is 14.6. The Bertz CT molecular complexity index is 1220. The van der Waals surface area contributed by atoms with E-state index in [1.165, 1.54) is 20.2 Å². The van der Waals surface area contributed by atoms with Crippen molar-refractivity contribution in [3.05, 3.63) is 69.2 Å². The van der Waals surface area contributed by atoms with Crippen molar-refractivity contribution < 1.29 is 17.9 Å². The molecule has 164 valence electrons. The van der Waals surface area contributed by atoms with Crippen LogP contribution in [-0.4, -0.2) is 37.7 Å². The van der Waals surface area contributed by atoms with Gasteiger partial charge in [0.05, 0.1) is 15.6 Å². The number of ether oxygens (including phenoxy) is 1. The number of aromatic nitrogens is 1. The van der Waals surface area contributed by atoms with E-state index < -0.39 is 10.0 Å². The van der Waals surface area contributed by atoms with E-state index in [0.29, 0.717) is 23.6 Å². The zero-order valence-corrected chi connectivity index (χ0v) is 19.7. The molecule has 0 radical (unpaired) electrons. The van der Waals surface area contributed by atoms with E-state index in [2.05, 4.69) is 10.3 Å². The third-order valence-electron chi connectivity index (χ3n) is 4.82. The van der Waals surface area contributed by atoms with Crippen molar-refractivity contribution in [3.63, 3.8) is 0 Å². The van der Waals surface area contributed by atoms with Crippen LogP contribution in [0.1, 0.15) is 32.2 Å². The molecular formula is C22H25N3O4S2. The number of nitrogens with one attached hydrogen (secondary N) is 1. The number of thiazole rings is 1. The molecule has 9 heteroatoms. The number of carbonyl (C=O) groups excluding carboxylic acids is 1. The number of hydrogen-bond acceptors (Lipinski definition) is 6. The van der Waals surface area contributed by atoms with Crippen molar-refractivity contribution >= 4 is 33.0 Å². The number of amides is 1. The minimum Gasteiger partial charge on any atom is -0.487 e. The molecular weight excluding hydrogens is 434 g/mol. The van der Waals surface area contributed by atoms with Gasteiger partial charge in [-0.2, -0.15) is 0 Å². The lowest BCUT2D eigenvalue weighted by Gasteiger charge is -2.16. The topological polar surface area (TPSA) is 88.6 Å². The standard InChI is InChI=1S/C22H25N3O4S2/c1-14-9-20(31(27,28)25(4)5)11-21(15(14)2)24-22(26)17-7-6-8-19(10-17)29-12-18-13-30-16(3)23-18/h6-11,13H,12H2,1-5H3,(H,24,26). The van der Waals surface area contributed by atoms with Crippen LogP contribution >= 0.6 is 11.3 Å². The first-order valence-corrected chi connectivity index (χ1v) is 11.9. The highest BCUT2D eigenvalue weighted by atomic mass is 32.2. The van der Waals surface area contributed by atoms with E-state index in [1.54, 1.807) is 41.7 Å². The Hall–Kier alpha value is -2.75. The van der Waals surface area contributed by atoms with E-state index in [4.69, 9.17) is 4.74 Å². The second-order valence-corrected chi connectivity index (χ2v) is 10.5. The molecule has 0 saturated heterocycles. The third kappa shape index (κ3) is 5.30. The third-order valence-corrected chi connectivity index (χ3v) is 7.43. The molecule has 1 N–H and O–H groups in total. The highest BCUT2D eigenvalue weighted by molar-refractivity contribution is 7.89. The summed E-state index contributed by atoms with van der Waals surface area (Å²) in [5.41, 5.74) is 3.27. The van der Waals surface area contributed by atoms with Crippen LogP contribution in [0.4, 0.5) is 5.69 Å². The fourth-order valence-corrected chi connectivity index (χ4v) is 4.48. The summed E-state index contributed by atoms with van der Waals surface area (Å²) in [5, 5.41) is 5.74. The summed E-state index contributed by atoms with van der Waals surface area (Å²) in [5.74, 6) is 0.201. The van der Waals surface area contributed by atoms with Gasteiger partial charge in [-0.15, -0.1) is 11.3 Å². The predicted octanol–water partition coefficient (Wildman–Crippen LogP) is 4.15. The van der Waals surface area contributed by atoms with Crippen LogP contribution in [0, 0.1) is 20.8 Å². The Kier molecular flexibility index (Phi) is 6.78. The number of hydrogen-bond donors (Lipinski definition) is 1. The number of benzene rings is 2. The summed E-state index contributed by atoms with van der Waals surface area (Å²) in [6, 6.07) is 9.93. The van der Waals surface area contributed by atoms with E-state index in [9.17, 15) is 13.2 Å². The molecule has 2 aromatic carbocycles. The number of nitrogens with zero attached hydrogens (tertiary/aromatic N) is 2. The average Bonchev–Trinajstić information content (AvgIpc) is 3.14. The maximum Gasteiger partial charge on any atom is 0.255 e. The van der Waals surface area contributed by atoms with Gasteiger partial charge >= 0.3 is 0 Å². The van der Waals surface area contributed by atoms with Crippen LogP contribution in [-0.2, 0) is 16.6 Å². The summed E-state index contributed by atoms with van der Waals surface area (Å²) in [6.07, 6.45) is 0. The van der Waals surface area contributed by atoms with Crippen LogP contribution in [0.3, 0.4) is 0 Å². The maximum absolute atomic E-state index is 12.9. The SMILES string of the molecule is Cc1nc(COc2cccc(C(=O)Nc3cc(S(=O)(=O)N(C)C)cc(C)c3C)c2)cs1. The quantitative estimate of drug-likeness (QED) is 0.573. The van der Waals surface area contributed by atoms with Gasteiger partial charge in [-0.05, 0) is 62.2 Å². The fourth-order valence-electron chi connectivity index (χ4n) is 2.87. The Morgan fingerprint density at radius 2 is 1.90 bits per heavy atom. The van der Waals surface area contributed by atoms with Gasteiger partial charge in [0.15, 0.2) is 0 Å². The first kappa shape index (κ1) is 22.9. The van der Waals surface area contributed by atoms with Gasteiger partial charge in [-0.3, -0.25) is 4.79 Å². The molecule has 7 nitrogen and oxygen atoms in total. The molecule has 0 atom stereocenters. The van der Waals surface area contributed by atoms with Crippen molar-refractivity contribution in [2.75, 3.05) is 19.4 Å². The van der Waals surface area contributed by atoms with Gasteiger partial charge < -0.3 is 10.1 Å². The van der Waals surface area contributed by atoms with E-state index in [-0.39, 0.29) is 10.8 Å². The Morgan fingerprint density at radius 3 is 2.55 bits per heavy atom. The normalized spacial score (nSPS) is 11.5. The number of carbonyl (C=O) groups is 1. The number of anilines is 1. The minimum absolute atomic E-state index is 0.131. The van der Waals surface area contributed by atoms with Crippen molar-refractivity contribution in [1.82, 2.24) is 9.29 Å². The summed E-state index contributed by atoms with van der Waals surface area (Å²) < 4.78 is 32.0. The predicted molar refractivity (Wildman–Crippen MR) is 122 cm³/mol. The second kappa shape index (κ2) is 9.17. The monoisotopic (exact) mass is 459 g/mol. The molecule has 0 spiro atoms.